The molecule has 1 amide bonds. The van der Waals surface area contributed by atoms with E-state index >= 15 is 0 Å². The minimum atomic E-state index is -0.199. The molecule has 3 N–H and O–H groups in total. The maximum Gasteiger partial charge on any atom is 0.269 e. The van der Waals surface area contributed by atoms with Gasteiger partial charge in [-0.15, -0.1) is 0 Å². The van der Waals surface area contributed by atoms with Crippen molar-refractivity contribution in [3.63, 3.8) is 0 Å². The van der Waals surface area contributed by atoms with Crippen LogP contribution in [0.3, 0.4) is 0 Å². The number of imidazole rings is 1. The van der Waals surface area contributed by atoms with Gasteiger partial charge in [0.2, 0.25) is 0 Å². The van der Waals surface area contributed by atoms with Crippen molar-refractivity contribution in [2.24, 2.45) is 0 Å². The predicted octanol–water partition coefficient (Wildman–Crippen LogP) is 1.73. The summed E-state index contributed by atoms with van der Waals surface area (Å²) in [5.41, 5.74) is 1.23. The first kappa shape index (κ1) is 13.1. The average molecular weight is 259 g/mol. The van der Waals surface area contributed by atoms with Crippen molar-refractivity contribution in [3.05, 3.63) is 42.2 Å². The Kier molecular flexibility index (Phi) is 4.12. The molecular weight excluding hydrogens is 242 g/mol. The van der Waals surface area contributed by atoms with Crippen molar-refractivity contribution >= 4 is 11.6 Å². The molecule has 0 aliphatic heterocycles. The molecular formula is C13H17N5O. The highest BCUT2D eigenvalue weighted by Crippen LogP contribution is 2.19. The summed E-state index contributed by atoms with van der Waals surface area (Å²) in [6.45, 7) is 2.07. The molecule has 1 unspecified atom stereocenters. The number of hydrogen-bond acceptors (Lipinski definition) is 4. The zero-order valence-electron chi connectivity index (χ0n) is 11.0. The van der Waals surface area contributed by atoms with Crippen LogP contribution in [0.15, 0.2) is 30.7 Å². The van der Waals surface area contributed by atoms with E-state index < -0.39 is 0 Å². The summed E-state index contributed by atoms with van der Waals surface area (Å²) in [5, 5.41) is 5.89. The van der Waals surface area contributed by atoms with Crippen LogP contribution in [0.2, 0.25) is 0 Å². The van der Waals surface area contributed by atoms with Crippen LogP contribution in [0.4, 0.5) is 5.69 Å². The molecule has 6 nitrogen and oxygen atoms in total. The number of aromatic amines is 1. The van der Waals surface area contributed by atoms with Crippen LogP contribution >= 0.6 is 0 Å². The molecule has 2 heterocycles. The summed E-state index contributed by atoms with van der Waals surface area (Å²) in [4.78, 5) is 22.9. The summed E-state index contributed by atoms with van der Waals surface area (Å²) in [5.74, 6) is 0.676. The topological polar surface area (TPSA) is 82.7 Å². The number of rotatable bonds is 5. The largest absolute Gasteiger partial charge is 0.375 e. The van der Waals surface area contributed by atoms with E-state index in [9.17, 15) is 4.79 Å². The fourth-order valence-electron chi connectivity index (χ4n) is 1.81. The van der Waals surface area contributed by atoms with Gasteiger partial charge in [-0.3, -0.25) is 9.78 Å². The van der Waals surface area contributed by atoms with Gasteiger partial charge in [0.1, 0.15) is 11.5 Å². The number of nitrogens with zero attached hydrogens (tertiary/aromatic N) is 2. The highest BCUT2D eigenvalue weighted by atomic mass is 16.1. The van der Waals surface area contributed by atoms with E-state index in [2.05, 4.69) is 32.5 Å². The molecule has 0 fully saturated rings. The number of pyridine rings is 1. The molecule has 0 aromatic carbocycles. The van der Waals surface area contributed by atoms with Gasteiger partial charge in [-0.05, 0) is 18.6 Å². The van der Waals surface area contributed by atoms with Crippen molar-refractivity contribution in [2.75, 3.05) is 12.4 Å². The molecule has 0 aliphatic carbocycles. The summed E-state index contributed by atoms with van der Waals surface area (Å²) in [6, 6.07) is 3.64. The second kappa shape index (κ2) is 5.99. The smallest absolute Gasteiger partial charge is 0.269 e. The third-order valence-electron chi connectivity index (χ3n) is 2.82. The zero-order chi connectivity index (χ0) is 13.7. The van der Waals surface area contributed by atoms with E-state index in [-0.39, 0.29) is 11.9 Å². The Morgan fingerprint density at radius 1 is 1.42 bits per heavy atom. The van der Waals surface area contributed by atoms with Crippen molar-refractivity contribution in [2.45, 2.75) is 19.4 Å². The summed E-state index contributed by atoms with van der Waals surface area (Å²) < 4.78 is 0. The molecule has 0 radical (unpaired) electrons. The van der Waals surface area contributed by atoms with E-state index in [1.54, 1.807) is 31.7 Å². The van der Waals surface area contributed by atoms with E-state index in [1.807, 2.05) is 6.07 Å². The molecule has 2 rings (SSSR count). The van der Waals surface area contributed by atoms with Crippen molar-refractivity contribution in [3.8, 4) is 0 Å². The minimum absolute atomic E-state index is 0.0786. The molecule has 0 spiro atoms. The first-order chi connectivity index (χ1) is 9.24. The highest BCUT2D eigenvalue weighted by molar-refractivity contribution is 5.92. The maximum absolute atomic E-state index is 11.5. The van der Waals surface area contributed by atoms with E-state index in [4.69, 9.17) is 0 Å². The van der Waals surface area contributed by atoms with Crippen molar-refractivity contribution in [1.82, 2.24) is 20.3 Å². The van der Waals surface area contributed by atoms with Gasteiger partial charge in [-0.1, -0.05) is 6.92 Å². The predicted molar refractivity (Wildman–Crippen MR) is 72.9 cm³/mol. The monoisotopic (exact) mass is 259 g/mol. The fraction of sp³-hybridized carbons (Fsp3) is 0.308. The van der Waals surface area contributed by atoms with E-state index in [0.29, 0.717) is 5.69 Å². The molecule has 6 heteroatoms. The number of carbonyl (C=O) groups is 1. The highest BCUT2D eigenvalue weighted by Gasteiger charge is 2.12. The van der Waals surface area contributed by atoms with Crippen molar-refractivity contribution in [1.29, 1.82) is 0 Å². The number of aromatic nitrogens is 3. The van der Waals surface area contributed by atoms with Crippen LogP contribution in [0.5, 0.6) is 0 Å². The van der Waals surface area contributed by atoms with Crippen LogP contribution in [-0.4, -0.2) is 27.9 Å². The molecule has 0 saturated carbocycles. The number of amides is 1. The van der Waals surface area contributed by atoms with Crippen LogP contribution < -0.4 is 10.6 Å². The molecule has 0 saturated heterocycles. The van der Waals surface area contributed by atoms with E-state index in [1.165, 1.54) is 0 Å². The average Bonchev–Trinajstić information content (AvgIpc) is 2.98. The Morgan fingerprint density at radius 2 is 2.26 bits per heavy atom. The van der Waals surface area contributed by atoms with Gasteiger partial charge in [0.05, 0.1) is 6.04 Å². The van der Waals surface area contributed by atoms with Crippen molar-refractivity contribution < 1.29 is 4.79 Å². The van der Waals surface area contributed by atoms with E-state index in [0.717, 1.165) is 17.9 Å². The number of hydrogen-bond donors (Lipinski definition) is 3. The Morgan fingerprint density at radius 3 is 2.89 bits per heavy atom. The maximum atomic E-state index is 11.5. The van der Waals surface area contributed by atoms with Crippen LogP contribution in [0.25, 0.3) is 0 Å². The molecule has 0 bridgehead atoms. The van der Waals surface area contributed by atoms with Crippen LogP contribution in [-0.2, 0) is 0 Å². The molecule has 19 heavy (non-hydrogen) atoms. The SMILES string of the molecule is CCC(Nc1ccnc(C(=O)NC)c1)c1ncc[nH]1. The fourth-order valence-corrected chi connectivity index (χ4v) is 1.81. The third kappa shape index (κ3) is 3.09. The molecule has 100 valence electrons. The molecule has 2 aromatic heterocycles. The molecule has 1 atom stereocenters. The first-order valence-corrected chi connectivity index (χ1v) is 6.18. The van der Waals surface area contributed by atoms with Crippen LogP contribution in [0, 0.1) is 0 Å². The minimum Gasteiger partial charge on any atom is -0.375 e. The lowest BCUT2D eigenvalue weighted by atomic mass is 10.2. The second-order valence-electron chi connectivity index (χ2n) is 4.09. The van der Waals surface area contributed by atoms with Gasteiger partial charge in [0.25, 0.3) is 5.91 Å². The van der Waals surface area contributed by atoms with Gasteiger partial charge < -0.3 is 15.6 Å². The number of nitrogens with one attached hydrogen (secondary N) is 3. The lowest BCUT2D eigenvalue weighted by Crippen LogP contribution is -2.19. The number of anilines is 1. The van der Waals surface area contributed by atoms with Gasteiger partial charge in [0.15, 0.2) is 0 Å². The summed E-state index contributed by atoms with van der Waals surface area (Å²) in [6.07, 6.45) is 6.01. The number of H-pyrrole nitrogens is 1. The Balaban J connectivity index is 2.16. The normalized spacial score (nSPS) is 11.9. The quantitative estimate of drug-likeness (QED) is 0.763. The Labute approximate surface area is 111 Å². The molecule has 0 aliphatic rings. The van der Waals surface area contributed by atoms with Gasteiger partial charge in [-0.25, -0.2) is 4.98 Å². The summed E-state index contributed by atoms with van der Waals surface area (Å²) in [7, 11) is 1.59. The second-order valence-corrected chi connectivity index (χ2v) is 4.09. The Hall–Kier alpha value is -2.37. The number of carbonyl (C=O) groups excluding carboxylic acids is 1. The summed E-state index contributed by atoms with van der Waals surface area (Å²) >= 11 is 0. The lowest BCUT2D eigenvalue weighted by Gasteiger charge is -2.16. The lowest BCUT2D eigenvalue weighted by molar-refractivity contribution is 0.0958. The molecule has 2 aromatic rings. The van der Waals surface area contributed by atoms with Crippen LogP contribution in [0.1, 0.15) is 35.7 Å². The zero-order valence-corrected chi connectivity index (χ0v) is 11.0. The third-order valence-corrected chi connectivity index (χ3v) is 2.82. The van der Waals surface area contributed by atoms with Gasteiger partial charge in [0, 0.05) is 31.3 Å². The Bertz CT molecular complexity index is 538. The standard InChI is InChI=1S/C13H17N5O/c1-3-10(12-16-6-7-17-12)18-9-4-5-15-11(8-9)13(19)14-2/h4-8,10H,3H2,1-2H3,(H,14,19)(H,15,18)(H,16,17). The van der Waals surface area contributed by atoms with Gasteiger partial charge in [-0.2, -0.15) is 0 Å². The van der Waals surface area contributed by atoms with Gasteiger partial charge >= 0.3 is 0 Å². The first-order valence-electron chi connectivity index (χ1n) is 6.18.